The molecular formula is C15H30N2O. The lowest BCUT2D eigenvalue weighted by molar-refractivity contribution is 0.101. The van der Waals surface area contributed by atoms with Crippen LogP contribution in [0, 0.1) is 5.92 Å². The van der Waals surface area contributed by atoms with E-state index in [1.54, 1.807) is 0 Å². The normalized spacial score (nSPS) is 32.0. The Balaban J connectivity index is 1.66. The lowest BCUT2D eigenvalue weighted by atomic mass is 9.91. The van der Waals surface area contributed by atoms with Gasteiger partial charge >= 0.3 is 0 Å². The van der Waals surface area contributed by atoms with Crippen molar-refractivity contribution in [2.45, 2.75) is 70.6 Å². The van der Waals surface area contributed by atoms with Gasteiger partial charge in [0, 0.05) is 18.6 Å². The highest BCUT2D eigenvalue weighted by molar-refractivity contribution is 4.84. The highest BCUT2D eigenvalue weighted by atomic mass is 16.3. The Kier molecular flexibility index (Phi) is 5.46. The molecule has 1 saturated carbocycles. The van der Waals surface area contributed by atoms with Crippen LogP contribution in [0.15, 0.2) is 0 Å². The van der Waals surface area contributed by atoms with E-state index in [4.69, 9.17) is 0 Å². The smallest absolute Gasteiger partial charge is 0.0555 e. The second-order valence-corrected chi connectivity index (χ2v) is 6.65. The van der Waals surface area contributed by atoms with E-state index >= 15 is 0 Å². The van der Waals surface area contributed by atoms with Crippen molar-refractivity contribution >= 4 is 0 Å². The summed E-state index contributed by atoms with van der Waals surface area (Å²) in [4.78, 5) is 2.60. The summed E-state index contributed by atoms with van der Waals surface area (Å²) < 4.78 is 0. The molecule has 1 aliphatic heterocycles. The summed E-state index contributed by atoms with van der Waals surface area (Å²) in [5, 5.41) is 13.5. The first-order valence-electron chi connectivity index (χ1n) is 7.80. The summed E-state index contributed by atoms with van der Waals surface area (Å²) in [5.74, 6) is 0.781. The first-order valence-corrected chi connectivity index (χ1v) is 7.80. The van der Waals surface area contributed by atoms with Crippen LogP contribution in [0.1, 0.15) is 52.4 Å². The quantitative estimate of drug-likeness (QED) is 0.805. The average Bonchev–Trinajstić information content (AvgIpc) is 2.31. The van der Waals surface area contributed by atoms with Crippen LogP contribution >= 0.6 is 0 Å². The summed E-state index contributed by atoms with van der Waals surface area (Å²) in [6.45, 7) is 8.33. The largest absolute Gasteiger partial charge is 0.393 e. The van der Waals surface area contributed by atoms with Gasteiger partial charge in [-0.1, -0.05) is 13.8 Å². The second-order valence-electron chi connectivity index (χ2n) is 6.65. The molecule has 18 heavy (non-hydrogen) atoms. The van der Waals surface area contributed by atoms with Crippen molar-refractivity contribution < 1.29 is 5.11 Å². The fraction of sp³-hybridized carbons (Fsp3) is 1.00. The van der Waals surface area contributed by atoms with Gasteiger partial charge in [-0.2, -0.15) is 0 Å². The molecule has 1 saturated heterocycles. The molecule has 1 heterocycles. The van der Waals surface area contributed by atoms with Gasteiger partial charge < -0.3 is 15.3 Å². The van der Waals surface area contributed by atoms with Crippen molar-refractivity contribution in [3.8, 4) is 0 Å². The number of hydrogen-bond donors (Lipinski definition) is 2. The van der Waals surface area contributed by atoms with Gasteiger partial charge in [0.2, 0.25) is 0 Å². The molecule has 2 aliphatic rings. The highest BCUT2D eigenvalue weighted by Crippen LogP contribution is 2.21. The predicted octanol–water partition coefficient (Wildman–Crippen LogP) is 2.00. The third-order valence-corrected chi connectivity index (χ3v) is 4.33. The molecule has 3 heteroatoms. The van der Waals surface area contributed by atoms with Crippen molar-refractivity contribution in [3.05, 3.63) is 0 Å². The maximum Gasteiger partial charge on any atom is 0.0555 e. The van der Waals surface area contributed by atoms with E-state index in [2.05, 4.69) is 24.1 Å². The highest BCUT2D eigenvalue weighted by Gasteiger charge is 2.25. The Bertz CT molecular complexity index is 237. The minimum absolute atomic E-state index is 0.0581. The van der Waals surface area contributed by atoms with Crippen LogP contribution in [0.5, 0.6) is 0 Å². The molecule has 106 valence electrons. The number of likely N-dealkylation sites (tertiary alicyclic amines) is 1. The molecule has 0 spiro atoms. The lowest BCUT2D eigenvalue weighted by Crippen LogP contribution is -2.48. The van der Waals surface area contributed by atoms with Crippen LogP contribution in [0.3, 0.4) is 0 Å². The maximum atomic E-state index is 9.70. The SMILES string of the molecule is CC(C)CN1CCC(NC2CCCC(O)C2)CC1. The number of rotatable bonds is 4. The van der Waals surface area contributed by atoms with Crippen LogP contribution in [0.25, 0.3) is 0 Å². The van der Waals surface area contributed by atoms with Gasteiger partial charge in [-0.15, -0.1) is 0 Å². The number of aliphatic hydroxyl groups is 1. The third-order valence-electron chi connectivity index (χ3n) is 4.33. The van der Waals surface area contributed by atoms with E-state index in [-0.39, 0.29) is 6.10 Å². The summed E-state index contributed by atoms with van der Waals surface area (Å²) in [7, 11) is 0. The van der Waals surface area contributed by atoms with Crippen molar-refractivity contribution in [3.63, 3.8) is 0 Å². The number of aliphatic hydroxyl groups excluding tert-OH is 1. The van der Waals surface area contributed by atoms with Gasteiger partial charge in [-0.25, -0.2) is 0 Å². The van der Waals surface area contributed by atoms with Crippen molar-refractivity contribution in [2.24, 2.45) is 5.92 Å². The number of piperidine rings is 1. The van der Waals surface area contributed by atoms with E-state index in [0.29, 0.717) is 12.1 Å². The van der Waals surface area contributed by atoms with E-state index in [1.165, 1.54) is 45.3 Å². The van der Waals surface area contributed by atoms with Crippen LogP contribution < -0.4 is 5.32 Å². The zero-order valence-electron chi connectivity index (χ0n) is 12.1. The first kappa shape index (κ1) is 14.3. The standard InChI is InChI=1S/C15H30N2O/c1-12(2)11-17-8-6-13(7-9-17)16-14-4-3-5-15(18)10-14/h12-16,18H,3-11H2,1-2H3. The molecule has 0 radical (unpaired) electrons. The van der Waals surface area contributed by atoms with Crippen LogP contribution in [0.4, 0.5) is 0 Å². The molecular weight excluding hydrogens is 224 g/mol. The molecule has 0 amide bonds. The fourth-order valence-electron chi connectivity index (χ4n) is 3.45. The zero-order chi connectivity index (χ0) is 13.0. The molecule has 2 N–H and O–H groups in total. The third kappa shape index (κ3) is 4.52. The zero-order valence-corrected chi connectivity index (χ0v) is 12.1. The summed E-state index contributed by atoms with van der Waals surface area (Å²) in [6, 6.07) is 1.25. The second kappa shape index (κ2) is 6.88. The Hall–Kier alpha value is -0.120. The minimum Gasteiger partial charge on any atom is -0.393 e. The fourth-order valence-corrected chi connectivity index (χ4v) is 3.45. The van der Waals surface area contributed by atoms with E-state index < -0.39 is 0 Å². The molecule has 2 atom stereocenters. The van der Waals surface area contributed by atoms with Crippen LogP contribution in [0.2, 0.25) is 0 Å². The maximum absolute atomic E-state index is 9.70. The molecule has 2 fully saturated rings. The summed E-state index contributed by atoms with van der Waals surface area (Å²) >= 11 is 0. The Morgan fingerprint density at radius 2 is 1.83 bits per heavy atom. The molecule has 0 aromatic rings. The summed E-state index contributed by atoms with van der Waals surface area (Å²) in [6.07, 6.45) is 6.90. The average molecular weight is 254 g/mol. The molecule has 2 unspecified atom stereocenters. The Morgan fingerprint density at radius 3 is 2.44 bits per heavy atom. The minimum atomic E-state index is -0.0581. The molecule has 0 aromatic carbocycles. The van der Waals surface area contributed by atoms with Gasteiger partial charge in [0.25, 0.3) is 0 Å². The monoisotopic (exact) mass is 254 g/mol. The van der Waals surface area contributed by atoms with Gasteiger partial charge in [-0.3, -0.25) is 0 Å². The van der Waals surface area contributed by atoms with Gasteiger partial charge in [0.15, 0.2) is 0 Å². The Morgan fingerprint density at radius 1 is 1.11 bits per heavy atom. The van der Waals surface area contributed by atoms with Crippen molar-refractivity contribution in [2.75, 3.05) is 19.6 Å². The first-order chi connectivity index (χ1) is 8.63. The summed E-state index contributed by atoms with van der Waals surface area (Å²) in [5.41, 5.74) is 0. The topological polar surface area (TPSA) is 35.5 Å². The molecule has 1 aliphatic carbocycles. The van der Waals surface area contributed by atoms with Crippen LogP contribution in [-0.4, -0.2) is 47.8 Å². The molecule has 0 bridgehead atoms. The van der Waals surface area contributed by atoms with Crippen LogP contribution in [-0.2, 0) is 0 Å². The van der Waals surface area contributed by atoms with Crippen molar-refractivity contribution in [1.82, 2.24) is 10.2 Å². The van der Waals surface area contributed by atoms with E-state index in [1.807, 2.05) is 0 Å². The van der Waals surface area contributed by atoms with Crippen molar-refractivity contribution in [1.29, 1.82) is 0 Å². The number of hydrogen-bond acceptors (Lipinski definition) is 3. The van der Waals surface area contributed by atoms with Gasteiger partial charge in [0.1, 0.15) is 0 Å². The molecule has 2 rings (SSSR count). The molecule has 3 nitrogen and oxygen atoms in total. The van der Waals surface area contributed by atoms with E-state index in [9.17, 15) is 5.11 Å². The van der Waals surface area contributed by atoms with Gasteiger partial charge in [0.05, 0.1) is 6.10 Å². The number of nitrogens with zero attached hydrogens (tertiary/aromatic N) is 1. The predicted molar refractivity (Wildman–Crippen MR) is 75.7 cm³/mol. The van der Waals surface area contributed by atoms with E-state index in [0.717, 1.165) is 18.8 Å². The Labute approximate surface area is 112 Å². The lowest BCUT2D eigenvalue weighted by Gasteiger charge is -2.37. The molecule has 0 aromatic heterocycles. The van der Waals surface area contributed by atoms with Gasteiger partial charge in [-0.05, 0) is 57.5 Å². The number of nitrogens with one attached hydrogen (secondary N) is 1.